The fourth-order valence-corrected chi connectivity index (χ4v) is 7.32. The maximum absolute atomic E-state index is 13.6. The minimum atomic E-state index is -0.784. The van der Waals surface area contributed by atoms with Gasteiger partial charge in [-0.05, 0) is 91.8 Å². The Morgan fingerprint density at radius 2 is 1.62 bits per heavy atom. The summed E-state index contributed by atoms with van der Waals surface area (Å²) in [6.45, 7) is 0. The number of hydrogen-bond donors (Lipinski definition) is 1. The van der Waals surface area contributed by atoms with Gasteiger partial charge in [-0.3, -0.25) is 4.79 Å². The van der Waals surface area contributed by atoms with Gasteiger partial charge in [-0.25, -0.2) is 4.79 Å². The highest BCUT2D eigenvalue weighted by molar-refractivity contribution is 7.40. The SMILES string of the molecule is COc1ccc(CP=C2/C=C\C(=O)C3(CC3)C3(C/C=C/c4cc(OC)cc(O)c4C(=O)OC24CC4)CC3)cc1. The molecule has 4 aliphatic rings. The molecule has 39 heavy (non-hydrogen) atoms. The van der Waals surface area contributed by atoms with Crippen LogP contribution in [0.4, 0.5) is 0 Å². The van der Waals surface area contributed by atoms with E-state index in [1.807, 2.05) is 42.5 Å². The van der Waals surface area contributed by atoms with Crippen LogP contribution in [0.25, 0.3) is 6.08 Å². The van der Waals surface area contributed by atoms with Gasteiger partial charge in [0, 0.05) is 22.9 Å². The standard InChI is InChI=1S/C32H33O6P/c1-36-23-7-5-21(6-8-23)20-39-27-10-9-26(34)31(14-15-31)30(12-13-30)11-3-4-22-18-24(37-2)19-25(33)28(22)29(35)38-32(27)16-17-32/h3-10,18-19,33H,11-17,20H2,1-2H3/b4-3+,10-9-. The van der Waals surface area contributed by atoms with Gasteiger partial charge in [-0.1, -0.05) is 32.5 Å². The lowest BCUT2D eigenvalue weighted by atomic mass is 9.79. The van der Waals surface area contributed by atoms with Crippen LogP contribution >= 0.6 is 8.20 Å². The van der Waals surface area contributed by atoms with E-state index in [1.165, 1.54) is 13.2 Å². The predicted molar refractivity (Wildman–Crippen MR) is 152 cm³/mol. The summed E-state index contributed by atoms with van der Waals surface area (Å²) in [5, 5.41) is 11.8. The molecule has 6 rings (SSSR count). The van der Waals surface area contributed by atoms with Crippen molar-refractivity contribution in [2.75, 3.05) is 14.2 Å². The lowest BCUT2D eigenvalue weighted by Gasteiger charge is -2.24. The molecule has 0 aromatic heterocycles. The maximum atomic E-state index is 13.6. The van der Waals surface area contributed by atoms with Crippen LogP contribution in [0.3, 0.4) is 0 Å². The summed E-state index contributed by atoms with van der Waals surface area (Å²) < 4.78 is 16.8. The number of carbonyl (C=O) groups excluding carboxylic acids is 2. The second kappa shape index (κ2) is 9.67. The van der Waals surface area contributed by atoms with Crippen molar-refractivity contribution >= 4 is 31.3 Å². The van der Waals surface area contributed by atoms with E-state index in [9.17, 15) is 14.7 Å². The van der Waals surface area contributed by atoms with Crippen molar-refractivity contribution in [2.45, 2.75) is 56.7 Å². The Bertz CT molecular complexity index is 1400. The van der Waals surface area contributed by atoms with Crippen LogP contribution in [0.5, 0.6) is 17.2 Å². The van der Waals surface area contributed by atoms with Gasteiger partial charge in [0.15, 0.2) is 5.78 Å². The molecule has 1 aliphatic heterocycles. The molecule has 0 saturated heterocycles. The van der Waals surface area contributed by atoms with Crippen LogP contribution in [0, 0.1) is 10.8 Å². The van der Waals surface area contributed by atoms with Crippen molar-refractivity contribution in [1.29, 1.82) is 0 Å². The average Bonchev–Trinajstić information content (AvgIpc) is 3.79. The van der Waals surface area contributed by atoms with Crippen molar-refractivity contribution < 1.29 is 28.9 Å². The number of fused-ring (bicyclic) bond motifs is 2. The zero-order chi connectivity index (χ0) is 27.3. The Labute approximate surface area is 230 Å². The molecule has 3 aliphatic carbocycles. The number of ether oxygens (including phenoxy) is 3. The van der Waals surface area contributed by atoms with Gasteiger partial charge in [0.2, 0.25) is 0 Å². The molecule has 0 radical (unpaired) electrons. The highest BCUT2D eigenvalue weighted by Gasteiger charge is 2.67. The van der Waals surface area contributed by atoms with Crippen LogP contribution in [-0.4, -0.2) is 42.0 Å². The third-order valence-electron chi connectivity index (χ3n) is 8.90. The lowest BCUT2D eigenvalue weighted by Crippen LogP contribution is -2.29. The zero-order valence-electron chi connectivity index (χ0n) is 22.4. The Hall–Kier alpha value is -3.37. The predicted octanol–water partition coefficient (Wildman–Crippen LogP) is 6.52. The second-order valence-corrected chi connectivity index (χ2v) is 12.3. The van der Waals surface area contributed by atoms with E-state index in [-0.39, 0.29) is 27.9 Å². The molecule has 0 unspecified atom stereocenters. The summed E-state index contributed by atoms with van der Waals surface area (Å²) in [4.78, 5) is 27.2. The summed E-state index contributed by atoms with van der Waals surface area (Å²) in [6.07, 6.45) is 14.3. The molecule has 0 atom stereocenters. The van der Waals surface area contributed by atoms with Gasteiger partial charge in [0.1, 0.15) is 28.4 Å². The molecule has 2 aromatic carbocycles. The minimum absolute atomic E-state index is 0.0190. The van der Waals surface area contributed by atoms with Crippen molar-refractivity contribution in [2.24, 2.45) is 10.8 Å². The number of carbonyl (C=O) groups is 2. The number of phenols is 1. The third-order valence-corrected chi connectivity index (χ3v) is 10.3. The van der Waals surface area contributed by atoms with Crippen LogP contribution in [0.2, 0.25) is 0 Å². The Morgan fingerprint density at radius 3 is 2.23 bits per heavy atom. The number of phenolic OH excluding ortho intramolecular Hbond substituents is 1. The molecular formula is C32H33O6P. The van der Waals surface area contributed by atoms with Crippen molar-refractivity contribution in [3.63, 3.8) is 0 Å². The minimum Gasteiger partial charge on any atom is -0.507 e. The van der Waals surface area contributed by atoms with Crippen LogP contribution in [0.15, 0.2) is 54.6 Å². The molecule has 1 heterocycles. The van der Waals surface area contributed by atoms with Gasteiger partial charge in [-0.2, -0.15) is 0 Å². The first-order chi connectivity index (χ1) is 18.8. The van der Waals surface area contributed by atoms with Crippen molar-refractivity contribution in [3.8, 4) is 17.2 Å². The summed E-state index contributed by atoms with van der Waals surface area (Å²) >= 11 is 0. The molecule has 0 bridgehead atoms. The smallest absolute Gasteiger partial charge is 0.343 e. The summed E-state index contributed by atoms with van der Waals surface area (Å²) in [5.74, 6) is 0.733. The van der Waals surface area contributed by atoms with Gasteiger partial charge in [-0.15, -0.1) is 0 Å². The molecule has 1 N–H and O–H groups in total. The number of hydrogen-bond acceptors (Lipinski definition) is 6. The molecule has 6 nitrogen and oxygen atoms in total. The van der Waals surface area contributed by atoms with Gasteiger partial charge in [0.25, 0.3) is 0 Å². The first kappa shape index (κ1) is 25.9. The number of esters is 1. The topological polar surface area (TPSA) is 82.1 Å². The first-order valence-electron chi connectivity index (χ1n) is 13.6. The van der Waals surface area contributed by atoms with E-state index in [2.05, 4.69) is 0 Å². The molecule has 3 fully saturated rings. The summed E-state index contributed by atoms with van der Waals surface area (Å²) in [5.41, 5.74) is 0.740. The third kappa shape index (κ3) is 4.69. The quantitative estimate of drug-likeness (QED) is 0.349. The number of methoxy groups -OCH3 is 2. The van der Waals surface area contributed by atoms with Crippen LogP contribution in [-0.2, 0) is 15.7 Å². The van der Waals surface area contributed by atoms with E-state index in [0.29, 0.717) is 30.3 Å². The molecule has 202 valence electrons. The Balaban J connectivity index is 1.41. The van der Waals surface area contributed by atoms with Crippen molar-refractivity contribution in [1.82, 2.24) is 0 Å². The number of benzene rings is 2. The van der Waals surface area contributed by atoms with E-state index >= 15 is 0 Å². The number of ketones is 1. The second-order valence-electron chi connectivity index (χ2n) is 11.2. The van der Waals surface area contributed by atoms with E-state index in [0.717, 1.165) is 56.9 Å². The van der Waals surface area contributed by atoms with Gasteiger partial charge in [0.05, 0.1) is 14.2 Å². The monoisotopic (exact) mass is 544 g/mol. The fraction of sp³-hybridized carbons (Fsp3) is 0.406. The van der Waals surface area contributed by atoms with Gasteiger partial charge >= 0.3 is 5.97 Å². The Kier molecular flexibility index (Phi) is 6.42. The number of aromatic hydroxyl groups is 1. The normalized spacial score (nSPS) is 24.5. The highest BCUT2D eigenvalue weighted by atomic mass is 31.1. The zero-order valence-corrected chi connectivity index (χ0v) is 23.3. The number of rotatable bonds is 4. The molecule has 7 heteroatoms. The van der Waals surface area contributed by atoms with Crippen molar-refractivity contribution in [3.05, 3.63) is 71.3 Å². The first-order valence-corrected chi connectivity index (χ1v) is 14.6. The fourth-order valence-electron chi connectivity index (χ4n) is 6.02. The van der Waals surface area contributed by atoms with E-state index in [1.54, 1.807) is 19.3 Å². The van der Waals surface area contributed by atoms with Crippen LogP contribution < -0.4 is 9.47 Å². The molecule has 0 amide bonds. The average molecular weight is 545 g/mol. The van der Waals surface area contributed by atoms with E-state index < -0.39 is 11.6 Å². The van der Waals surface area contributed by atoms with Crippen LogP contribution in [0.1, 0.15) is 66.4 Å². The Morgan fingerprint density at radius 1 is 0.897 bits per heavy atom. The largest absolute Gasteiger partial charge is 0.507 e. The molecular weight excluding hydrogens is 511 g/mol. The molecule has 3 saturated carbocycles. The summed E-state index contributed by atoms with van der Waals surface area (Å²) in [7, 11) is 4.14. The molecule has 3 spiro atoms. The maximum Gasteiger partial charge on any atom is 0.343 e. The lowest BCUT2D eigenvalue weighted by molar-refractivity contribution is -0.121. The highest BCUT2D eigenvalue weighted by Crippen LogP contribution is 2.72. The van der Waals surface area contributed by atoms with E-state index in [4.69, 9.17) is 14.2 Å². The number of allylic oxidation sites excluding steroid dienone is 2. The summed E-state index contributed by atoms with van der Waals surface area (Å²) in [6, 6.07) is 11.1. The van der Waals surface area contributed by atoms with Gasteiger partial charge < -0.3 is 19.3 Å². The molecule has 2 aromatic rings.